The Morgan fingerprint density at radius 3 is 2.29 bits per heavy atom. The molecule has 1 aliphatic rings. The number of nitrogens with two attached hydrogens (primary N) is 1. The fourth-order valence-electron chi connectivity index (χ4n) is 3.24. The molecule has 0 heterocycles. The quantitative estimate of drug-likeness (QED) is 0.706. The molecule has 0 amide bonds. The van der Waals surface area contributed by atoms with Gasteiger partial charge in [-0.2, -0.15) is 0 Å². The summed E-state index contributed by atoms with van der Waals surface area (Å²) in [6.07, 6.45) is 6.80. The van der Waals surface area contributed by atoms with E-state index in [0.29, 0.717) is 0 Å². The third-order valence-electron chi connectivity index (χ3n) is 4.73. The zero-order valence-electron chi connectivity index (χ0n) is 12.1. The zero-order chi connectivity index (χ0) is 12.7. The summed E-state index contributed by atoms with van der Waals surface area (Å²) in [5, 5.41) is 0. The van der Waals surface area contributed by atoms with Gasteiger partial charge >= 0.3 is 0 Å². The summed E-state index contributed by atoms with van der Waals surface area (Å²) in [4.78, 5) is 2.66. The van der Waals surface area contributed by atoms with Gasteiger partial charge in [-0.15, -0.1) is 0 Å². The van der Waals surface area contributed by atoms with Gasteiger partial charge in [0.25, 0.3) is 0 Å². The Morgan fingerprint density at radius 1 is 1.12 bits per heavy atom. The molecule has 0 aliphatic heterocycles. The van der Waals surface area contributed by atoms with Crippen molar-refractivity contribution in [3.05, 3.63) is 0 Å². The van der Waals surface area contributed by atoms with Crippen LogP contribution in [0.5, 0.6) is 0 Å². The van der Waals surface area contributed by atoms with Crippen molar-refractivity contribution in [2.45, 2.75) is 52.9 Å². The topological polar surface area (TPSA) is 29.3 Å². The summed E-state index contributed by atoms with van der Waals surface area (Å²) in [5.74, 6) is 2.55. The van der Waals surface area contributed by atoms with E-state index < -0.39 is 0 Å². The van der Waals surface area contributed by atoms with Crippen LogP contribution in [0, 0.1) is 17.8 Å². The smallest absolute Gasteiger partial charge is 0.00128 e. The lowest BCUT2D eigenvalue weighted by atomic mass is 9.94. The van der Waals surface area contributed by atoms with Gasteiger partial charge in [-0.1, -0.05) is 40.0 Å². The van der Waals surface area contributed by atoms with Gasteiger partial charge in [0, 0.05) is 13.1 Å². The molecule has 0 saturated heterocycles. The molecule has 0 radical (unpaired) electrons. The maximum absolute atomic E-state index is 5.88. The molecule has 1 saturated carbocycles. The lowest BCUT2D eigenvalue weighted by Crippen LogP contribution is -2.36. The molecule has 0 aromatic heterocycles. The third-order valence-corrected chi connectivity index (χ3v) is 4.73. The molecule has 0 aromatic rings. The second-order valence-electron chi connectivity index (χ2n) is 5.72. The first-order valence-corrected chi connectivity index (χ1v) is 7.67. The van der Waals surface area contributed by atoms with Crippen molar-refractivity contribution < 1.29 is 0 Å². The Kier molecular flexibility index (Phi) is 7.14. The zero-order valence-corrected chi connectivity index (χ0v) is 12.1. The van der Waals surface area contributed by atoms with E-state index in [1.165, 1.54) is 51.7 Å². The van der Waals surface area contributed by atoms with Gasteiger partial charge in [0.1, 0.15) is 0 Å². The molecular formula is C15H32N2. The molecule has 102 valence electrons. The van der Waals surface area contributed by atoms with Crippen molar-refractivity contribution in [1.82, 2.24) is 4.90 Å². The molecule has 2 nitrogen and oxygen atoms in total. The maximum atomic E-state index is 5.88. The molecule has 1 aliphatic carbocycles. The maximum Gasteiger partial charge on any atom is 0.00128 e. The van der Waals surface area contributed by atoms with Crippen molar-refractivity contribution in [1.29, 1.82) is 0 Å². The van der Waals surface area contributed by atoms with E-state index in [0.717, 1.165) is 24.3 Å². The van der Waals surface area contributed by atoms with Crippen LogP contribution in [-0.2, 0) is 0 Å². The minimum atomic E-state index is 0.797. The van der Waals surface area contributed by atoms with Gasteiger partial charge in [0.2, 0.25) is 0 Å². The van der Waals surface area contributed by atoms with Crippen LogP contribution in [0.4, 0.5) is 0 Å². The van der Waals surface area contributed by atoms with Crippen LogP contribution in [0.2, 0.25) is 0 Å². The van der Waals surface area contributed by atoms with Crippen LogP contribution in [0.1, 0.15) is 52.9 Å². The van der Waals surface area contributed by atoms with Crippen LogP contribution >= 0.6 is 0 Å². The summed E-state index contributed by atoms with van der Waals surface area (Å²) < 4.78 is 0. The predicted octanol–water partition coefficient (Wildman–Crippen LogP) is 3.12. The fraction of sp³-hybridized carbons (Fsp3) is 1.00. The summed E-state index contributed by atoms with van der Waals surface area (Å²) >= 11 is 0. The minimum Gasteiger partial charge on any atom is -0.330 e. The van der Waals surface area contributed by atoms with Crippen molar-refractivity contribution >= 4 is 0 Å². The Balaban J connectivity index is 2.40. The molecule has 2 heteroatoms. The number of rotatable bonds is 8. The highest BCUT2D eigenvalue weighted by Gasteiger charge is 2.27. The molecular weight excluding hydrogens is 208 g/mol. The molecule has 1 fully saturated rings. The SMILES string of the molecule is CCC(CC)CN(CC)CC1CCCC1CN. The van der Waals surface area contributed by atoms with Crippen LogP contribution < -0.4 is 5.73 Å². The highest BCUT2D eigenvalue weighted by molar-refractivity contribution is 4.81. The highest BCUT2D eigenvalue weighted by Crippen LogP contribution is 2.31. The lowest BCUT2D eigenvalue weighted by molar-refractivity contribution is 0.183. The molecule has 0 spiro atoms. The Morgan fingerprint density at radius 2 is 1.76 bits per heavy atom. The largest absolute Gasteiger partial charge is 0.330 e. The predicted molar refractivity (Wildman–Crippen MR) is 76.1 cm³/mol. The number of hydrogen-bond acceptors (Lipinski definition) is 2. The molecule has 0 aromatic carbocycles. The van der Waals surface area contributed by atoms with Crippen molar-refractivity contribution in [3.8, 4) is 0 Å². The monoisotopic (exact) mass is 240 g/mol. The fourth-order valence-corrected chi connectivity index (χ4v) is 3.24. The van der Waals surface area contributed by atoms with Crippen LogP contribution in [0.15, 0.2) is 0 Å². The van der Waals surface area contributed by atoms with Gasteiger partial charge in [-0.25, -0.2) is 0 Å². The van der Waals surface area contributed by atoms with Gasteiger partial charge in [-0.3, -0.25) is 0 Å². The van der Waals surface area contributed by atoms with Gasteiger partial charge < -0.3 is 10.6 Å². The third kappa shape index (κ3) is 4.59. The van der Waals surface area contributed by atoms with Crippen LogP contribution in [0.25, 0.3) is 0 Å². The molecule has 2 N–H and O–H groups in total. The van der Waals surface area contributed by atoms with E-state index in [1.807, 2.05) is 0 Å². The number of hydrogen-bond donors (Lipinski definition) is 1. The van der Waals surface area contributed by atoms with E-state index in [-0.39, 0.29) is 0 Å². The first-order valence-electron chi connectivity index (χ1n) is 7.67. The second-order valence-corrected chi connectivity index (χ2v) is 5.72. The van der Waals surface area contributed by atoms with E-state index >= 15 is 0 Å². The number of nitrogens with zero attached hydrogens (tertiary/aromatic N) is 1. The molecule has 0 bridgehead atoms. The second kappa shape index (κ2) is 8.10. The standard InChI is InChI=1S/C15H32N2/c1-4-13(5-2)11-17(6-3)12-15-9-7-8-14(15)10-16/h13-15H,4-12,16H2,1-3H3. The first-order chi connectivity index (χ1) is 8.24. The summed E-state index contributed by atoms with van der Waals surface area (Å²) in [7, 11) is 0. The minimum absolute atomic E-state index is 0.797. The van der Waals surface area contributed by atoms with Crippen LogP contribution in [-0.4, -0.2) is 31.1 Å². The average molecular weight is 240 g/mol. The van der Waals surface area contributed by atoms with E-state index in [1.54, 1.807) is 0 Å². The summed E-state index contributed by atoms with van der Waals surface area (Å²) in [6, 6.07) is 0. The molecule has 17 heavy (non-hydrogen) atoms. The molecule has 1 rings (SSSR count). The van der Waals surface area contributed by atoms with Crippen molar-refractivity contribution in [2.75, 3.05) is 26.2 Å². The highest BCUT2D eigenvalue weighted by atomic mass is 15.1. The molecule has 2 unspecified atom stereocenters. The van der Waals surface area contributed by atoms with Crippen molar-refractivity contribution in [2.24, 2.45) is 23.5 Å². The Hall–Kier alpha value is -0.0800. The van der Waals surface area contributed by atoms with Gasteiger partial charge in [0.15, 0.2) is 0 Å². The van der Waals surface area contributed by atoms with E-state index in [4.69, 9.17) is 5.73 Å². The first kappa shape index (κ1) is 15.0. The Bertz CT molecular complexity index is 189. The summed E-state index contributed by atoms with van der Waals surface area (Å²) in [6.45, 7) is 11.6. The average Bonchev–Trinajstić information content (AvgIpc) is 2.81. The van der Waals surface area contributed by atoms with Gasteiger partial charge in [-0.05, 0) is 43.7 Å². The van der Waals surface area contributed by atoms with Crippen LogP contribution in [0.3, 0.4) is 0 Å². The van der Waals surface area contributed by atoms with E-state index in [9.17, 15) is 0 Å². The van der Waals surface area contributed by atoms with Crippen molar-refractivity contribution in [3.63, 3.8) is 0 Å². The normalized spacial score (nSPS) is 25.1. The van der Waals surface area contributed by atoms with Gasteiger partial charge in [0.05, 0.1) is 0 Å². The lowest BCUT2D eigenvalue weighted by Gasteiger charge is -2.30. The summed E-state index contributed by atoms with van der Waals surface area (Å²) in [5.41, 5.74) is 5.88. The van der Waals surface area contributed by atoms with E-state index in [2.05, 4.69) is 25.7 Å². The molecule has 2 atom stereocenters. The Labute approximate surface area is 108 Å².